The van der Waals surface area contributed by atoms with Crippen LogP contribution in [-0.4, -0.2) is 30.8 Å². The Morgan fingerprint density at radius 3 is 2.52 bits per heavy atom. The summed E-state index contributed by atoms with van der Waals surface area (Å²) in [5.41, 5.74) is 0.0634. The molecule has 0 aromatic heterocycles. The first-order chi connectivity index (χ1) is 13.1. The van der Waals surface area contributed by atoms with Gasteiger partial charge in [-0.2, -0.15) is 5.26 Å². The quantitative estimate of drug-likeness (QED) is 0.484. The van der Waals surface area contributed by atoms with Gasteiger partial charge in [0.25, 0.3) is 5.91 Å². The molecule has 0 aliphatic heterocycles. The molecule has 27 heavy (non-hydrogen) atoms. The number of amides is 1. The van der Waals surface area contributed by atoms with Crippen molar-refractivity contribution in [1.82, 2.24) is 0 Å². The SMILES string of the molecule is N#CCCN(C(=O)COC(=O)CCSc1ccccc1)c1ccccc1F. The maximum atomic E-state index is 14.0. The predicted octanol–water partition coefficient (Wildman–Crippen LogP) is 3.80. The number of esters is 1. The van der Waals surface area contributed by atoms with E-state index in [-0.39, 0.29) is 25.1 Å². The largest absolute Gasteiger partial charge is 0.456 e. The van der Waals surface area contributed by atoms with Crippen molar-refractivity contribution in [3.8, 4) is 6.07 Å². The normalized spacial score (nSPS) is 10.1. The number of ether oxygens (including phenoxy) is 1. The van der Waals surface area contributed by atoms with Gasteiger partial charge in [-0.1, -0.05) is 30.3 Å². The average molecular weight is 386 g/mol. The number of hydrogen-bond donors (Lipinski definition) is 0. The number of benzene rings is 2. The zero-order chi connectivity index (χ0) is 19.5. The second-order valence-electron chi connectivity index (χ2n) is 5.48. The maximum absolute atomic E-state index is 14.0. The lowest BCUT2D eigenvalue weighted by molar-refractivity contribution is -0.147. The lowest BCUT2D eigenvalue weighted by atomic mass is 10.2. The molecule has 0 N–H and O–H groups in total. The van der Waals surface area contributed by atoms with Crippen molar-refractivity contribution in [1.29, 1.82) is 5.26 Å². The molecule has 0 aliphatic rings. The summed E-state index contributed by atoms with van der Waals surface area (Å²) in [6.07, 6.45) is 0.201. The van der Waals surface area contributed by atoms with Crippen LogP contribution in [0.2, 0.25) is 0 Å². The Labute approximate surface area is 161 Å². The van der Waals surface area contributed by atoms with Gasteiger partial charge < -0.3 is 9.64 Å². The van der Waals surface area contributed by atoms with E-state index in [9.17, 15) is 14.0 Å². The first-order valence-electron chi connectivity index (χ1n) is 8.37. The van der Waals surface area contributed by atoms with Crippen LogP contribution in [0.5, 0.6) is 0 Å². The van der Waals surface area contributed by atoms with Gasteiger partial charge in [0.1, 0.15) is 5.82 Å². The molecule has 0 aliphatic carbocycles. The Bertz CT molecular complexity index is 808. The monoisotopic (exact) mass is 386 g/mol. The van der Waals surface area contributed by atoms with Crippen LogP contribution < -0.4 is 4.90 Å². The fourth-order valence-electron chi connectivity index (χ4n) is 2.27. The molecule has 0 radical (unpaired) electrons. The summed E-state index contributed by atoms with van der Waals surface area (Å²) in [6, 6.07) is 17.3. The molecule has 2 rings (SSSR count). The number of nitriles is 1. The molecule has 0 saturated carbocycles. The first kappa shape index (κ1) is 20.5. The highest BCUT2D eigenvalue weighted by atomic mass is 32.2. The van der Waals surface area contributed by atoms with Crippen LogP contribution in [0.3, 0.4) is 0 Å². The number of carbonyl (C=O) groups is 2. The minimum Gasteiger partial charge on any atom is -0.456 e. The molecular weight excluding hydrogens is 367 g/mol. The number of thioether (sulfide) groups is 1. The number of rotatable bonds is 9. The Morgan fingerprint density at radius 1 is 1.11 bits per heavy atom. The van der Waals surface area contributed by atoms with Gasteiger partial charge in [-0.15, -0.1) is 11.8 Å². The topological polar surface area (TPSA) is 70.4 Å². The Kier molecular flexibility index (Phi) is 8.33. The van der Waals surface area contributed by atoms with E-state index in [4.69, 9.17) is 10.00 Å². The number of para-hydroxylation sites is 1. The van der Waals surface area contributed by atoms with Crippen LogP contribution in [0, 0.1) is 17.1 Å². The number of halogens is 1. The van der Waals surface area contributed by atoms with Crippen molar-refractivity contribution >= 4 is 29.3 Å². The summed E-state index contributed by atoms with van der Waals surface area (Å²) >= 11 is 1.52. The van der Waals surface area contributed by atoms with E-state index in [1.807, 2.05) is 36.4 Å². The smallest absolute Gasteiger partial charge is 0.307 e. The van der Waals surface area contributed by atoms with Gasteiger partial charge in [0.05, 0.1) is 24.6 Å². The van der Waals surface area contributed by atoms with Crippen molar-refractivity contribution < 1.29 is 18.7 Å². The molecule has 0 fully saturated rings. The molecular formula is C20H19FN2O3S. The Balaban J connectivity index is 1.84. The Hall–Kier alpha value is -2.85. The third-order valence-corrected chi connectivity index (χ3v) is 4.58. The van der Waals surface area contributed by atoms with Gasteiger partial charge in [-0.25, -0.2) is 4.39 Å². The molecule has 0 spiro atoms. The van der Waals surface area contributed by atoms with Crippen molar-refractivity contribution in [2.45, 2.75) is 17.7 Å². The molecule has 0 heterocycles. The molecule has 140 valence electrons. The maximum Gasteiger partial charge on any atom is 0.307 e. The number of nitrogens with zero attached hydrogens (tertiary/aromatic N) is 2. The predicted molar refractivity (Wildman–Crippen MR) is 102 cm³/mol. The fourth-order valence-corrected chi connectivity index (χ4v) is 3.13. The molecule has 2 aromatic carbocycles. The van der Waals surface area contributed by atoms with E-state index >= 15 is 0 Å². The third-order valence-electron chi connectivity index (χ3n) is 3.57. The van der Waals surface area contributed by atoms with Gasteiger partial charge in [-0.3, -0.25) is 9.59 Å². The van der Waals surface area contributed by atoms with Crippen LogP contribution in [0.1, 0.15) is 12.8 Å². The van der Waals surface area contributed by atoms with Crippen molar-refractivity contribution in [2.24, 2.45) is 0 Å². The van der Waals surface area contributed by atoms with E-state index in [0.29, 0.717) is 5.75 Å². The van der Waals surface area contributed by atoms with E-state index in [1.165, 1.54) is 30.0 Å². The van der Waals surface area contributed by atoms with Gasteiger partial charge in [-0.05, 0) is 24.3 Å². The standard InChI is InChI=1S/C20H19FN2O3S/c21-17-9-4-5-10-18(17)23(13-6-12-22)19(24)15-26-20(25)11-14-27-16-7-2-1-3-8-16/h1-5,7-10H,6,11,13-15H2. The van der Waals surface area contributed by atoms with Crippen LogP contribution >= 0.6 is 11.8 Å². The molecule has 5 nitrogen and oxygen atoms in total. The summed E-state index contributed by atoms with van der Waals surface area (Å²) < 4.78 is 19.0. The molecule has 0 unspecified atom stereocenters. The Morgan fingerprint density at radius 2 is 1.81 bits per heavy atom. The summed E-state index contributed by atoms with van der Waals surface area (Å²) in [5, 5.41) is 8.75. The second-order valence-corrected chi connectivity index (χ2v) is 6.65. The van der Waals surface area contributed by atoms with E-state index in [2.05, 4.69) is 0 Å². The van der Waals surface area contributed by atoms with Crippen molar-refractivity contribution in [3.63, 3.8) is 0 Å². The minimum atomic E-state index is -0.575. The highest BCUT2D eigenvalue weighted by molar-refractivity contribution is 7.99. The number of hydrogen-bond acceptors (Lipinski definition) is 5. The highest BCUT2D eigenvalue weighted by Crippen LogP contribution is 2.20. The van der Waals surface area contributed by atoms with Crippen LogP contribution in [-0.2, 0) is 14.3 Å². The second kappa shape index (κ2) is 11.0. The molecule has 0 saturated heterocycles. The van der Waals surface area contributed by atoms with Crippen LogP contribution in [0.15, 0.2) is 59.5 Å². The molecule has 0 atom stereocenters. The molecule has 2 aromatic rings. The van der Waals surface area contributed by atoms with Gasteiger partial charge >= 0.3 is 5.97 Å². The number of anilines is 1. The zero-order valence-electron chi connectivity index (χ0n) is 14.6. The van der Waals surface area contributed by atoms with Gasteiger partial charge in [0.2, 0.25) is 0 Å². The van der Waals surface area contributed by atoms with Crippen molar-refractivity contribution in [2.75, 3.05) is 23.8 Å². The van der Waals surface area contributed by atoms with Gasteiger partial charge in [0.15, 0.2) is 6.61 Å². The van der Waals surface area contributed by atoms with Crippen molar-refractivity contribution in [3.05, 3.63) is 60.4 Å². The minimum absolute atomic E-state index is 0.0255. The summed E-state index contributed by atoms with van der Waals surface area (Å²) in [7, 11) is 0. The zero-order valence-corrected chi connectivity index (χ0v) is 15.5. The molecule has 0 bridgehead atoms. The molecule has 1 amide bonds. The lowest BCUT2D eigenvalue weighted by Gasteiger charge is -2.22. The lowest BCUT2D eigenvalue weighted by Crippen LogP contribution is -2.36. The van der Waals surface area contributed by atoms with Crippen LogP contribution in [0.4, 0.5) is 10.1 Å². The van der Waals surface area contributed by atoms with E-state index in [1.54, 1.807) is 6.07 Å². The average Bonchev–Trinajstić information content (AvgIpc) is 2.68. The summed E-state index contributed by atoms with van der Waals surface area (Å²) in [4.78, 5) is 26.4. The third kappa shape index (κ3) is 6.76. The van der Waals surface area contributed by atoms with E-state index < -0.39 is 24.3 Å². The fraction of sp³-hybridized carbons (Fsp3) is 0.250. The first-order valence-corrected chi connectivity index (χ1v) is 9.35. The summed E-state index contributed by atoms with van der Waals surface area (Å²) in [5.74, 6) is -1.11. The summed E-state index contributed by atoms with van der Waals surface area (Å²) in [6.45, 7) is -0.466. The van der Waals surface area contributed by atoms with E-state index in [0.717, 1.165) is 9.80 Å². The number of carbonyl (C=O) groups excluding carboxylic acids is 2. The highest BCUT2D eigenvalue weighted by Gasteiger charge is 2.20. The molecule has 7 heteroatoms. The van der Waals surface area contributed by atoms with Gasteiger partial charge in [0, 0.05) is 17.2 Å². The van der Waals surface area contributed by atoms with Crippen LogP contribution in [0.25, 0.3) is 0 Å².